The summed E-state index contributed by atoms with van der Waals surface area (Å²) >= 11 is 0. The van der Waals surface area contributed by atoms with Crippen molar-refractivity contribution in [3.8, 4) is 28.4 Å². The molecule has 3 heteroatoms. The van der Waals surface area contributed by atoms with Crippen LogP contribution in [0.4, 0.5) is 0 Å². The maximum Gasteiger partial charge on any atom is 0.166 e. The molecule has 0 aromatic heterocycles. The van der Waals surface area contributed by atoms with Gasteiger partial charge in [-0.3, -0.25) is 0 Å². The molecule has 2 rings (SSSR count). The van der Waals surface area contributed by atoms with E-state index in [-0.39, 0.29) is 17.2 Å². The summed E-state index contributed by atoms with van der Waals surface area (Å²) in [7, 11) is 0. The lowest BCUT2D eigenvalue weighted by Crippen LogP contribution is -1.87. The zero-order chi connectivity index (χ0) is 12.4. The molecule has 3 N–H and O–H groups in total. The van der Waals surface area contributed by atoms with Crippen LogP contribution in [0.5, 0.6) is 17.2 Å². The van der Waals surface area contributed by atoms with Gasteiger partial charge in [0.1, 0.15) is 5.75 Å². The molecule has 2 aromatic carbocycles. The summed E-state index contributed by atoms with van der Waals surface area (Å²) in [6, 6.07) is 10.6. The van der Waals surface area contributed by atoms with Gasteiger partial charge < -0.3 is 15.3 Å². The lowest BCUT2D eigenvalue weighted by molar-refractivity contribution is 0.391. The smallest absolute Gasteiger partial charge is 0.166 e. The third kappa shape index (κ3) is 1.91. The summed E-state index contributed by atoms with van der Waals surface area (Å²) in [6.07, 6.45) is 0.459. The van der Waals surface area contributed by atoms with Crippen LogP contribution < -0.4 is 0 Å². The van der Waals surface area contributed by atoms with E-state index in [2.05, 4.69) is 0 Å². The molecule has 0 unspecified atom stereocenters. The van der Waals surface area contributed by atoms with Gasteiger partial charge in [0.2, 0.25) is 0 Å². The molecule has 88 valence electrons. The highest BCUT2D eigenvalue weighted by atomic mass is 16.3. The van der Waals surface area contributed by atoms with Crippen LogP contribution in [-0.2, 0) is 6.42 Å². The minimum absolute atomic E-state index is 0.00153. The van der Waals surface area contributed by atoms with Crippen molar-refractivity contribution >= 4 is 0 Å². The van der Waals surface area contributed by atoms with E-state index in [0.717, 1.165) is 5.56 Å². The fourth-order valence-electron chi connectivity index (χ4n) is 1.87. The van der Waals surface area contributed by atoms with E-state index in [0.29, 0.717) is 17.5 Å². The zero-order valence-electron chi connectivity index (χ0n) is 9.51. The molecule has 3 nitrogen and oxygen atoms in total. The molecular weight excluding hydrogens is 216 g/mol. The average Bonchev–Trinajstić information content (AvgIpc) is 2.35. The van der Waals surface area contributed by atoms with Crippen molar-refractivity contribution in [2.75, 3.05) is 0 Å². The van der Waals surface area contributed by atoms with E-state index in [1.54, 1.807) is 19.1 Å². The topological polar surface area (TPSA) is 60.7 Å². The Morgan fingerprint density at radius 1 is 0.941 bits per heavy atom. The normalized spacial score (nSPS) is 10.4. The first-order chi connectivity index (χ1) is 8.15. The largest absolute Gasteiger partial charge is 0.508 e. The van der Waals surface area contributed by atoms with E-state index >= 15 is 0 Å². The Morgan fingerprint density at radius 2 is 1.59 bits per heavy atom. The van der Waals surface area contributed by atoms with Gasteiger partial charge in [-0.15, -0.1) is 0 Å². The van der Waals surface area contributed by atoms with Crippen molar-refractivity contribution < 1.29 is 15.3 Å². The van der Waals surface area contributed by atoms with E-state index in [4.69, 9.17) is 0 Å². The van der Waals surface area contributed by atoms with Crippen molar-refractivity contribution in [1.82, 2.24) is 0 Å². The highest BCUT2D eigenvalue weighted by Crippen LogP contribution is 2.43. The van der Waals surface area contributed by atoms with Gasteiger partial charge in [-0.2, -0.15) is 0 Å². The SMILES string of the molecule is CCc1c(O)cc(-c2ccccc2)c(O)c1O. The summed E-state index contributed by atoms with van der Waals surface area (Å²) < 4.78 is 0. The molecule has 0 radical (unpaired) electrons. The van der Waals surface area contributed by atoms with E-state index in [9.17, 15) is 15.3 Å². The standard InChI is InChI=1S/C14H14O3/c1-2-10-12(15)8-11(14(17)13(10)16)9-6-4-3-5-7-9/h3-8,15-17H,2H2,1H3. The first-order valence-corrected chi connectivity index (χ1v) is 5.47. The van der Waals surface area contributed by atoms with Gasteiger partial charge in [0, 0.05) is 11.1 Å². The predicted molar refractivity (Wildman–Crippen MR) is 66.3 cm³/mol. The van der Waals surface area contributed by atoms with Gasteiger partial charge in [-0.25, -0.2) is 0 Å². The van der Waals surface area contributed by atoms with Crippen molar-refractivity contribution in [3.05, 3.63) is 42.0 Å². The Balaban J connectivity index is 2.65. The Morgan fingerprint density at radius 3 is 2.18 bits per heavy atom. The van der Waals surface area contributed by atoms with Crippen LogP contribution in [-0.4, -0.2) is 15.3 Å². The van der Waals surface area contributed by atoms with Crippen LogP contribution in [0.1, 0.15) is 12.5 Å². The number of phenols is 3. The molecule has 0 saturated carbocycles. The molecule has 0 atom stereocenters. The second-order valence-electron chi connectivity index (χ2n) is 3.84. The molecule has 0 spiro atoms. The Hall–Kier alpha value is -2.16. The van der Waals surface area contributed by atoms with Crippen LogP contribution in [0, 0.1) is 0 Å². The van der Waals surface area contributed by atoms with Crippen LogP contribution in [0.3, 0.4) is 0 Å². The number of hydrogen-bond acceptors (Lipinski definition) is 3. The molecule has 17 heavy (non-hydrogen) atoms. The molecule has 0 aliphatic rings. The number of aromatic hydroxyl groups is 3. The number of benzene rings is 2. The fourth-order valence-corrected chi connectivity index (χ4v) is 1.87. The minimum atomic E-state index is -0.244. The second kappa shape index (κ2) is 4.37. The minimum Gasteiger partial charge on any atom is -0.508 e. The third-order valence-corrected chi connectivity index (χ3v) is 2.79. The van der Waals surface area contributed by atoms with Gasteiger partial charge in [-0.1, -0.05) is 37.3 Å². The maximum atomic E-state index is 9.93. The zero-order valence-corrected chi connectivity index (χ0v) is 9.51. The van der Waals surface area contributed by atoms with Gasteiger partial charge in [0.15, 0.2) is 11.5 Å². The highest BCUT2D eigenvalue weighted by molar-refractivity contribution is 5.76. The van der Waals surface area contributed by atoms with Gasteiger partial charge in [0.25, 0.3) is 0 Å². The molecule has 0 amide bonds. The Kier molecular flexibility index (Phi) is 2.91. The molecule has 0 saturated heterocycles. The first-order valence-electron chi connectivity index (χ1n) is 5.47. The van der Waals surface area contributed by atoms with Crippen molar-refractivity contribution in [3.63, 3.8) is 0 Å². The summed E-state index contributed by atoms with van der Waals surface area (Å²) in [6.45, 7) is 1.80. The lowest BCUT2D eigenvalue weighted by atomic mass is 9.99. The summed E-state index contributed by atoms with van der Waals surface area (Å²) in [5, 5.41) is 29.5. The molecule has 2 aromatic rings. The first kappa shape index (κ1) is 11.3. The van der Waals surface area contributed by atoms with Crippen molar-refractivity contribution in [1.29, 1.82) is 0 Å². The van der Waals surface area contributed by atoms with Crippen LogP contribution in [0.25, 0.3) is 11.1 Å². The molecule has 0 fully saturated rings. The summed E-state index contributed by atoms with van der Waals surface area (Å²) in [5.41, 5.74) is 1.54. The Labute approximate surface area is 99.6 Å². The van der Waals surface area contributed by atoms with Crippen LogP contribution in [0.15, 0.2) is 36.4 Å². The molecule has 0 aliphatic carbocycles. The van der Waals surface area contributed by atoms with Crippen LogP contribution in [0.2, 0.25) is 0 Å². The quantitative estimate of drug-likeness (QED) is 0.549. The van der Waals surface area contributed by atoms with Crippen molar-refractivity contribution in [2.45, 2.75) is 13.3 Å². The maximum absolute atomic E-state index is 9.93. The van der Waals surface area contributed by atoms with E-state index < -0.39 is 0 Å². The van der Waals surface area contributed by atoms with Crippen molar-refractivity contribution in [2.24, 2.45) is 0 Å². The molecule has 0 heterocycles. The lowest BCUT2D eigenvalue weighted by Gasteiger charge is -2.11. The predicted octanol–water partition coefficient (Wildman–Crippen LogP) is 3.03. The second-order valence-corrected chi connectivity index (χ2v) is 3.84. The van der Waals surface area contributed by atoms with Gasteiger partial charge in [-0.05, 0) is 18.1 Å². The fraction of sp³-hybridized carbons (Fsp3) is 0.143. The molecular formula is C14H14O3. The highest BCUT2D eigenvalue weighted by Gasteiger charge is 2.16. The van der Waals surface area contributed by atoms with E-state index in [1.807, 2.05) is 18.2 Å². The molecule has 0 aliphatic heterocycles. The number of rotatable bonds is 2. The van der Waals surface area contributed by atoms with E-state index in [1.165, 1.54) is 6.07 Å². The number of hydrogen-bond donors (Lipinski definition) is 3. The monoisotopic (exact) mass is 230 g/mol. The number of phenolic OH excluding ortho intramolecular Hbond substituents is 3. The van der Waals surface area contributed by atoms with Gasteiger partial charge in [0.05, 0.1) is 0 Å². The summed E-state index contributed by atoms with van der Waals surface area (Å²) in [4.78, 5) is 0. The Bertz CT molecular complexity index is 533. The third-order valence-electron chi connectivity index (χ3n) is 2.79. The van der Waals surface area contributed by atoms with Gasteiger partial charge >= 0.3 is 0 Å². The molecule has 0 bridgehead atoms. The summed E-state index contributed by atoms with van der Waals surface area (Å²) in [5.74, 6) is -0.432. The average molecular weight is 230 g/mol. The van der Waals surface area contributed by atoms with Crippen LogP contribution >= 0.6 is 0 Å².